The Labute approximate surface area is 114 Å². The summed E-state index contributed by atoms with van der Waals surface area (Å²) in [5.41, 5.74) is 2.23. The molecule has 1 aliphatic heterocycles. The number of benzene rings is 1. The third kappa shape index (κ3) is 3.44. The summed E-state index contributed by atoms with van der Waals surface area (Å²) in [6.07, 6.45) is 4.06. The van der Waals surface area contributed by atoms with Crippen LogP contribution in [-0.2, 0) is 4.79 Å². The van der Waals surface area contributed by atoms with E-state index in [4.69, 9.17) is 0 Å². The fourth-order valence-electron chi connectivity index (χ4n) is 2.42. The Balaban J connectivity index is 1.97. The van der Waals surface area contributed by atoms with Crippen molar-refractivity contribution in [3.63, 3.8) is 0 Å². The minimum Gasteiger partial charge on any atom is -0.393 e. The molecule has 102 valence electrons. The number of aryl methyl sites for hydroxylation is 1. The van der Waals surface area contributed by atoms with E-state index in [2.05, 4.69) is 0 Å². The van der Waals surface area contributed by atoms with Gasteiger partial charge < -0.3 is 10.0 Å². The van der Waals surface area contributed by atoms with Crippen LogP contribution in [0.5, 0.6) is 0 Å². The average Bonchev–Trinajstić information content (AvgIpc) is 2.87. The lowest BCUT2D eigenvalue weighted by Gasteiger charge is -2.15. The van der Waals surface area contributed by atoms with E-state index in [0.29, 0.717) is 6.54 Å². The van der Waals surface area contributed by atoms with E-state index >= 15 is 0 Å². The Kier molecular flexibility index (Phi) is 4.38. The van der Waals surface area contributed by atoms with E-state index in [1.54, 1.807) is 13.0 Å². The van der Waals surface area contributed by atoms with Crippen LogP contribution >= 0.6 is 0 Å². The molecule has 3 heteroatoms. The fraction of sp³-hybridized carbons (Fsp3) is 0.438. The fourth-order valence-corrected chi connectivity index (χ4v) is 2.42. The maximum absolute atomic E-state index is 12.1. The van der Waals surface area contributed by atoms with Gasteiger partial charge in [-0.1, -0.05) is 24.3 Å². The second-order valence-corrected chi connectivity index (χ2v) is 5.26. The number of carbonyl (C=O) groups is 1. The lowest BCUT2D eigenvalue weighted by atomic mass is 10.0. The smallest absolute Gasteiger partial charge is 0.246 e. The van der Waals surface area contributed by atoms with Crippen LogP contribution in [0.3, 0.4) is 0 Å². The summed E-state index contributed by atoms with van der Waals surface area (Å²) in [6, 6.07) is 7.99. The van der Waals surface area contributed by atoms with Crippen LogP contribution in [0.1, 0.15) is 24.5 Å². The van der Waals surface area contributed by atoms with Gasteiger partial charge in [0.1, 0.15) is 0 Å². The molecule has 1 N–H and O–H groups in total. The molecule has 19 heavy (non-hydrogen) atoms. The number of aliphatic hydroxyl groups is 1. The van der Waals surface area contributed by atoms with Crippen LogP contribution in [0.2, 0.25) is 0 Å². The molecule has 1 amide bonds. The van der Waals surface area contributed by atoms with Gasteiger partial charge in [0.25, 0.3) is 0 Å². The van der Waals surface area contributed by atoms with Gasteiger partial charge in [-0.15, -0.1) is 0 Å². The first-order valence-corrected chi connectivity index (χ1v) is 6.78. The van der Waals surface area contributed by atoms with Crippen molar-refractivity contribution in [3.8, 4) is 0 Å². The van der Waals surface area contributed by atoms with E-state index in [-0.39, 0.29) is 17.9 Å². The van der Waals surface area contributed by atoms with Gasteiger partial charge in [-0.05, 0) is 37.5 Å². The molecule has 2 atom stereocenters. The normalized spacial score (nSPS) is 21.0. The average molecular weight is 259 g/mol. The quantitative estimate of drug-likeness (QED) is 0.846. The molecule has 1 aliphatic rings. The van der Waals surface area contributed by atoms with Crippen molar-refractivity contribution in [2.45, 2.75) is 26.4 Å². The highest BCUT2D eigenvalue weighted by Crippen LogP contribution is 2.20. The second-order valence-electron chi connectivity index (χ2n) is 5.26. The largest absolute Gasteiger partial charge is 0.393 e. The topological polar surface area (TPSA) is 40.5 Å². The van der Waals surface area contributed by atoms with Crippen molar-refractivity contribution in [2.24, 2.45) is 5.92 Å². The molecule has 1 saturated heterocycles. The number of aliphatic hydroxyl groups excluding tert-OH is 1. The van der Waals surface area contributed by atoms with Crippen LogP contribution in [0.15, 0.2) is 30.3 Å². The number of amides is 1. The molecule has 0 bridgehead atoms. The first-order valence-electron chi connectivity index (χ1n) is 6.78. The van der Waals surface area contributed by atoms with Crippen molar-refractivity contribution in [3.05, 3.63) is 41.5 Å². The molecule has 1 aromatic rings. The van der Waals surface area contributed by atoms with E-state index in [0.717, 1.165) is 24.1 Å². The number of hydrogen-bond donors (Lipinski definition) is 1. The van der Waals surface area contributed by atoms with Crippen molar-refractivity contribution >= 4 is 12.0 Å². The van der Waals surface area contributed by atoms with Gasteiger partial charge in [0, 0.05) is 25.1 Å². The third-order valence-corrected chi connectivity index (χ3v) is 3.81. The summed E-state index contributed by atoms with van der Waals surface area (Å²) in [5, 5.41) is 9.54. The summed E-state index contributed by atoms with van der Waals surface area (Å²) in [6.45, 7) is 5.23. The van der Waals surface area contributed by atoms with Gasteiger partial charge in [0.05, 0.1) is 6.10 Å². The molecule has 1 aromatic carbocycles. The summed E-state index contributed by atoms with van der Waals surface area (Å²) in [4.78, 5) is 13.9. The molecule has 0 aliphatic carbocycles. The SMILES string of the molecule is Cc1ccccc1/C=C/C(=O)N1CCC(C(C)O)C1. The van der Waals surface area contributed by atoms with Crippen molar-refractivity contribution in [1.82, 2.24) is 4.90 Å². The zero-order valence-corrected chi connectivity index (χ0v) is 11.5. The Hall–Kier alpha value is -1.61. The number of likely N-dealkylation sites (tertiary alicyclic amines) is 1. The van der Waals surface area contributed by atoms with Crippen LogP contribution in [0.4, 0.5) is 0 Å². The van der Waals surface area contributed by atoms with Gasteiger partial charge in [0.2, 0.25) is 5.91 Å². The zero-order chi connectivity index (χ0) is 13.8. The van der Waals surface area contributed by atoms with Crippen molar-refractivity contribution in [1.29, 1.82) is 0 Å². The van der Waals surface area contributed by atoms with Crippen LogP contribution in [0.25, 0.3) is 6.08 Å². The standard InChI is InChI=1S/C16H21NO2/c1-12-5-3-4-6-14(12)7-8-16(19)17-10-9-15(11-17)13(2)18/h3-8,13,15,18H,9-11H2,1-2H3/b8-7+. The monoisotopic (exact) mass is 259 g/mol. The Morgan fingerprint density at radius 2 is 2.21 bits per heavy atom. The molecule has 2 rings (SSSR count). The minimum atomic E-state index is -0.335. The third-order valence-electron chi connectivity index (χ3n) is 3.81. The molecule has 0 aromatic heterocycles. The maximum atomic E-state index is 12.1. The van der Waals surface area contributed by atoms with Gasteiger partial charge in [-0.25, -0.2) is 0 Å². The Bertz CT molecular complexity index is 479. The summed E-state index contributed by atoms with van der Waals surface area (Å²) < 4.78 is 0. The number of carbonyl (C=O) groups excluding carboxylic acids is 1. The summed E-state index contributed by atoms with van der Waals surface area (Å²) in [7, 11) is 0. The molecule has 1 heterocycles. The van der Waals surface area contributed by atoms with Crippen molar-refractivity contribution in [2.75, 3.05) is 13.1 Å². The summed E-state index contributed by atoms with van der Waals surface area (Å²) >= 11 is 0. The molecule has 0 saturated carbocycles. The van der Waals surface area contributed by atoms with E-state index in [9.17, 15) is 9.90 Å². The molecule has 0 spiro atoms. The Morgan fingerprint density at radius 1 is 1.47 bits per heavy atom. The first kappa shape index (κ1) is 13.8. The highest BCUT2D eigenvalue weighted by atomic mass is 16.3. The molecule has 2 unspecified atom stereocenters. The van der Waals surface area contributed by atoms with Crippen LogP contribution in [-0.4, -0.2) is 35.1 Å². The van der Waals surface area contributed by atoms with E-state index in [1.807, 2.05) is 42.2 Å². The number of hydrogen-bond acceptors (Lipinski definition) is 2. The zero-order valence-electron chi connectivity index (χ0n) is 11.5. The molecular weight excluding hydrogens is 238 g/mol. The number of nitrogens with zero attached hydrogens (tertiary/aromatic N) is 1. The highest BCUT2D eigenvalue weighted by molar-refractivity contribution is 5.92. The Morgan fingerprint density at radius 3 is 2.84 bits per heavy atom. The molecule has 1 fully saturated rings. The lowest BCUT2D eigenvalue weighted by molar-refractivity contribution is -0.125. The van der Waals surface area contributed by atoms with Crippen LogP contribution < -0.4 is 0 Å². The molecular formula is C16H21NO2. The first-order chi connectivity index (χ1) is 9.08. The highest BCUT2D eigenvalue weighted by Gasteiger charge is 2.27. The van der Waals surface area contributed by atoms with Gasteiger partial charge >= 0.3 is 0 Å². The van der Waals surface area contributed by atoms with Gasteiger partial charge in [-0.3, -0.25) is 4.79 Å². The van der Waals surface area contributed by atoms with Gasteiger partial charge in [-0.2, -0.15) is 0 Å². The van der Waals surface area contributed by atoms with Crippen LogP contribution in [0, 0.1) is 12.8 Å². The van der Waals surface area contributed by atoms with E-state index < -0.39 is 0 Å². The van der Waals surface area contributed by atoms with Gasteiger partial charge in [0.15, 0.2) is 0 Å². The van der Waals surface area contributed by atoms with E-state index in [1.165, 1.54) is 0 Å². The predicted molar refractivity (Wildman–Crippen MR) is 76.6 cm³/mol. The minimum absolute atomic E-state index is 0.0337. The number of rotatable bonds is 3. The van der Waals surface area contributed by atoms with Crippen molar-refractivity contribution < 1.29 is 9.90 Å². The summed E-state index contributed by atoms with van der Waals surface area (Å²) in [5.74, 6) is 0.252. The lowest BCUT2D eigenvalue weighted by Crippen LogP contribution is -2.28. The maximum Gasteiger partial charge on any atom is 0.246 e. The predicted octanol–water partition coefficient (Wildman–Crippen LogP) is 2.24. The molecule has 3 nitrogen and oxygen atoms in total. The molecule has 0 radical (unpaired) electrons. The second kappa shape index (κ2) is 6.02.